The minimum atomic E-state index is -4.53. The highest BCUT2D eigenvalue weighted by atomic mass is 19.4. The summed E-state index contributed by atoms with van der Waals surface area (Å²) in [5.74, 6) is -1.05. The van der Waals surface area contributed by atoms with E-state index in [1.54, 1.807) is 0 Å². The summed E-state index contributed by atoms with van der Waals surface area (Å²) in [5, 5.41) is 0. The molecule has 0 spiro atoms. The van der Waals surface area contributed by atoms with Gasteiger partial charge in [0.25, 0.3) is 0 Å². The highest BCUT2D eigenvalue weighted by molar-refractivity contribution is 5.74. The van der Waals surface area contributed by atoms with Gasteiger partial charge in [-0.1, -0.05) is 0 Å². The maximum absolute atomic E-state index is 13.8. The third kappa shape index (κ3) is 2.97. The highest BCUT2D eigenvalue weighted by Gasteiger charge is 2.29. The van der Waals surface area contributed by atoms with Gasteiger partial charge < -0.3 is 9.72 Å². The van der Waals surface area contributed by atoms with Crippen LogP contribution in [0, 0.1) is 5.82 Å². The summed E-state index contributed by atoms with van der Waals surface area (Å²) in [7, 11) is 0. The SMILES string of the molecule is Fc1cc(-c2nc3ncncc3[nH]2)ccc1OCC(F)(F)F. The lowest BCUT2D eigenvalue weighted by Crippen LogP contribution is -2.19. The van der Waals surface area contributed by atoms with E-state index < -0.39 is 24.3 Å². The number of hydrogen-bond donors (Lipinski definition) is 1. The molecule has 1 aromatic carbocycles. The smallest absolute Gasteiger partial charge is 0.422 e. The zero-order valence-corrected chi connectivity index (χ0v) is 10.9. The summed E-state index contributed by atoms with van der Waals surface area (Å²) in [6, 6.07) is 3.56. The van der Waals surface area contributed by atoms with Crippen LogP contribution in [0.5, 0.6) is 5.75 Å². The van der Waals surface area contributed by atoms with Crippen LogP contribution < -0.4 is 4.74 Å². The number of H-pyrrole nitrogens is 1. The number of alkyl halides is 3. The molecule has 0 bridgehead atoms. The Kier molecular flexibility index (Phi) is 3.39. The molecule has 0 atom stereocenters. The molecule has 0 aliphatic rings. The van der Waals surface area contributed by atoms with Crippen molar-refractivity contribution in [3.63, 3.8) is 0 Å². The largest absolute Gasteiger partial charge is 0.481 e. The lowest BCUT2D eigenvalue weighted by Gasteiger charge is -2.10. The van der Waals surface area contributed by atoms with Gasteiger partial charge in [0.15, 0.2) is 23.8 Å². The van der Waals surface area contributed by atoms with Crippen LogP contribution in [-0.2, 0) is 0 Å². The zero-order chi connectivity index (χ0) is 15.7. The minimum absolute atomic E-state index is 0.330. The van der Waals surface area contributed by atoms with Crippen molar-refractivity contribution in [2.24, 2.45) is 0 Å². The number of hydrogen-bond acceptors (Lipinski definition) is 4. The van der Waals surface area contributed by atoms with Crippen molar-refractivity contribution in [2.45, 2.75) is 6.18 Å². The normalized spacial score (nSPS) is 11.8. The van der Waals surface area contributed by atoms with Gasteiger partial charge in [-0.05, 0) is 18.2 Å². The number of aromatic amines is 1. The number of halogens is 4. The predicted octanol–water partition coefficient (Wildman–Crippen LogP) is 3.10. The van der Waals surface area contributed by atoms with E-state index in [0.717, 1.165) is 12.1 Å². The van der Waals surface area contributed by atoms with Crippen molar-refractivity contribution < 1.29 is 22.3 Å². The van der Waals surface area contributed by atoms with Gasteiger partial charge in [-0.25, -0.2) is 19.3 Å². The maximum Gasteiger partial charge on any atom is 0.422 e. The lowest BCUT2D eigenvalue weighted by atomic mass is 10.2. The van der Waals surface area contributed by atoms with E-state index in [1.165, 1.54) is 18.6 Å². The molecule has 2 heterocycles. The van der Waals surface area contributed by atoms with Crippen molar-refractivity contribution in [3.05, 3.63) is 36.5 Å². The first-order chi connectivity index (χ1) is 10.4. The third-order valence-electron chi connectivity index (χ3n) is 2.76. The quantitative estimate of drug-likeness (QED) is 0.755. The van der Waals surface area contributed by atoms with Crippen LogP contribution in [0.4, 0.5) is 17.6 Å². The Bertz CT molecular complexity index is 782. The molecule has 3 aromatic rings. The molecule has 5 nitrogen and oxygen atoms in total. The Morgan fingerprint density at radius 3 is 2.73 bits per heavy atom. The van der Waals surface area contributed by atoms with Crippen LogP contribution in [0.15, 0.2) is 30.7 Å². The van der Waals surface area contributed by atoms with Gasteiger partial charge in [0.1, 0.15) is 17.7 Å². The van der Waals surface area contributed by atoms with Crippen LogP contribution in [0.1, 0.15) is 0 Å². The van der Waals surface area contributed by atoms with Gasteiger partial charge in [0.05, 0.1) is 6.20 Å². The topological polar surface area (TPSA) is 63.7 Å². The number of nitrogens with one attached hydrogen (secondary N) is 1. The number of nitrogens with zero attached hydrogens (tertiary/aromatic N) is 3. The molecule has 1 N–H and O–H groups in total. The molecule has 0 unspecified atom stereocenters. The molecule has 3 rings (SSSR count). The van der Waals surface area contributed by atoms with Crippen molar-refractivity contribution in [3.8, 4) is 17.1 Å². The van der Waals surface area contributed by atoms with Gasteiger partial charge in [-0.15, -0.1) is 0 Å². The third-order valence-corrected chi connectivity index (χ3v) is 2.76. The van der Waals surface area contributed by atoms with Crippen LogP contribution in [0.3, 0.4) is 0 Å². The number of ether oxygens (including phenoxy) is 1. The minimum Gasteiger partial charge on any atom is -0.481 e. The summed E-state index contributed by atoms with van der Waals surface area (Å²) in [4.78, 5) is 14.8. The lowest BCUT2D eigenvalue weighted by molar-refractivity contribution is -0.153. The van der Waals surface area contributed by atoms with Gasteiger partial charge in [-0.2, -0.15) is 13.2 Å². The fraction of sp³-hybridized carbons (Fsp3) is 0.154. The van der Waals surface area contributed by atoms with Crippen molar-refractivity contribution in [2.75, 3.05) is 6.61 Å². The van der Waals surface area contributed by atoms with E-state index in [0.29, 0.717) is 22.6 Å². The molecule has 0 saturated carbocycles. The number of fused-ring (bicyclic) bond motifs is 1. The molecular weight excluding hydrogens is 304 g/mol. The number of aromatic nitrogens is 4. The van der Waals surface area contributed by atoms with Crippen molar-refractivity contribution >= 4 is 11.2 Å². The van der Waals surface area contributed by atoms with Crippen LogP contribution in [0.2, 0.25) is 0 Å². The van der Waals surface area contributed by atoms with Crippen LogP contribution in [-0.4, -0.2) is 32.7 Å². The summed E-state index contributed by atoms with van der Waals surface area (Å²) in [6.45, 7) is -1.55. The van der Waals surface area contributed by atoms with E-state index in [4.69, 9.17) is 0 Å². The molecule has 2 aromatic heterocycles. The Morgan fingerprint density at radius 1 is 1.23 bits per heavy atom. The monoisotopic (exact) mass is 312 g/mol. The number of imidazole rings is 1. The van der Waals surface area contributed by atoms with Gasteiger partial charge >= 0.3 is 6.18 Å². The first-order valence-corrected chi connectivity index (χ1v) is 6.07. The molecule has 0 radical (unpaired) electrons. The van der Waals surface area contributed by atoms with Gasteiger partial charge in [0.2, 0.25) is 0 Å². The molecule has 0 aliphatic heterocycles. The average molecular weight is 312 g/mol. The molecule has 9 heteroatoms. The van der Waals surface area contributed by atoms with E-state index in [9.17, 15) is 17.6 Å². The van der Waals surface area contributed by atoms with Gasteiger partial charge in [0, 0.05) is 5.56 Å². The molecule has 114 valence electrons. The predicted molar refractivity (Wildman–Crippen MR) is 68.6 cm³/mol. The Morgan fingerprint density at radius 2 is 2.05 bits per heavy atom. The second-order valence-electron chi connectivity index (χ2n) is 4.39. The Balaban J connectivity index is 1.88. The first-order valence-electron chi connectivity index (χ1n) is 6.07. The second kappa shape index (κ2) is 5.24. The molecule has 0 aliphatic carbocycles. The molecule has 0 saturated heterocycles. The Hall–Kier alpha value is -2.71. The highest BCUT2D eigenvalue weighted by Crippen LogP contribution is 2.26. The molecule has 0 amide bonds. The van der Waals surface area contributed by atoms with Crippen molar-refractivity contribution in [1.29, 1.82) is 0 Å². The summed E-state index contributed by atoms with van der Waals surface area (Å²) in [5.41, 5.74) is 1.33. The zero-order valence-electron chi connectivity index (χ0n) is 10.9. The van der Waals surface area contributed by atoms with Crippen LogP contribution >= 0.6 is 0 Å². The fourth-order valence-corrected chi connectivity index (χ4v) is 1.82. The summed E-state index contributed by atoms with van der Waals surface area (Å²) < 4.78 is 54.4. The van der Waals surface area contributed by atoms with E-state index in [1.807, 2.05) is 0 Å². The number of benzene rings is 1. The maximum atomic E-state index is 13.8. The van der Waals surface area contributed by atoms with E-state index in [-0.39, 0.29) is 0 Å². The van der Waals surface area contributed by atoms with E-state index in [2.05, 4.69) is 24.7 Å². The fourth-order valence-electron chi connectivity index (χ4n) is 1.82. The van der Waals surface area contributed by atoms with E-state index >= 15 is 0 Å². The second-order valence-corrected chi connectivity index (χ2v) is 4.39. The Labute approximate surface area is 121 Å². The van der Waals surface area contributed by atoms with Crippen molar-refractivity contribution in [1.82, 2.24) is 19.9 Å². The summed E-state index contributed by atoms with van der Waals surface area (Å²) >= 11 is 0. The molecular formula is C13H8F4N4O. The van der Waals surface area contributed by atoms with Crippen LogP contribution in [0.25, 0.3) is 22.6 Å². The molecule has 0 fully saturated rings. The standard InChI is InChI=1S/C13H8F4N4O/c14-8-3-7(1-2-10(8)22-5-13(15,16)17)11-20-9-4-18-6-19-12(9)21-11/h1-4,6H,5H2,(H,18,19,20,21). The molecule has 22 heavy (non-hydrogen) atoms. The first kappa shape index (κ1) is 14.2. The summed E-state index contributed by atoms with van der Waals surface area (Å²) in [6.07, 6.45) is -1.69. The van der Waals surface area contributed by atoms with Gasteiger partial charge in [-0.3, -0.25) is 0 Å². The average Bonchev–Trinajstić information content (AvgIpc) is 2.89. The number of rotatable bonds is 3.